The van der Waals surface area contributed by atoms with Crippen LogP contribution in [0.2, 0.25) is 0 Å². The zero-order chi connectivity index (χ0) is 12.8. The maximum atomic E-state index is 11.7. The largest absolute Gasteiger partial charge is 0.481 e. The van der Waals surface area contributed by atoms with E-state index in [9.17, 15) is 4.79 Å². The average Bonchev–Trinajstić information content (AvgIpc) is 2.30. The van der Waals surface area contributed by atoms with Crippen molar-refractivity contribution in [1.82, 2.24) is 4.98 Å². The van der Waals surface area contributed by atoms with Crippen molar-refractivity contribution in [3.05, 3.63) is 18.3 Å². The summed E-state index contributed by atoms with van der Waals surface area (Å²) in [6, 6.07) is 5.31. The minimum Gasteiger partial charge on any atom is -0.481 e. The van der Waals surface area contributed by atoms with Crippen molar-refractivity contribution < 1.29 is 9.53 Å². The maximum Gasteiger partial charge on any atom is 0.242 e. The first-order valence-electron chi connectivity index (χ1n) is 5.29. The van der Waals surface area contributed by atoms with Crippen molar-refractivity contribution in [2.24, 2.45) is 11.8 Å². The van der Waals surface area contributed by atoms with Gasteiger partial charge in [-0.1, -0.05) is 13.8 Å². The Labute approximate surface area is 100 Å². The predicted molar refractivity (Wildman–Crippen MR) is 63.4 cm³/mol. The Hall–Kier alpha value is -2.09. The van der Waals surface area contributed by atoms with E-state index in [-0.39, 0.29) is 11.8 Å². The molecule has 5 nitrogen and oxygen atoms in total. The van der Waals surface area contributed by atoms with Gasteiger partial charge in [0.05, 0.1) is 25.1 Å². The van der Waals surface area contributed by atoms with Crippen LogP contribution in [0.25, 0.3) is 0 Å². The second kappa shape index (κ2) is 5.85. The quantitative estimate of drug-likeness (QED) is 0.860. The van der Waals surface area contributed by atoms with Crippen molar-refractivity contribution >= 4 is 11.6 Å². The Bertz CT molecular complexity index is 420. The number of nitrogens with zero attached hydrogens (tertiary/aromatic N) is 2. The van der Waals surface area contributed by atoms with Crippen molar-refractivity contribution in [3.8, 4) is 11.9 Å². The van der Waals surface area contributed by atoms with E-state index >= 15 is 0 Å². The van der Waals surface area contributed by atoms with E-state index in [1.165, 1.54) is 13.3 Å². The topological polar surface area (TPSA) is 75.0 Å². The number of nitrogens with one attached hydrogen (secondary N) is 1. The summed E-state index contributed by atoms with van der Waals surface area (Å²) in [5.41, 5.74) is 0.553. The van der Waals surface area contributed by atoms with Gasteiger partial charge in [0.15, 0.2) is 0 Å². The molecule has 0 spiro atoms. The van der Waals surface area contributed by atoms with Crippen molar-refractivity contribution in [2.45, 2.75) is 13.8 Å². The average molecular weight is 233 g/mol. The molecular weight excluding hydrogens is 218 g/mol. The second-order valence-electron chi connectivity index (χ2n) is 3.93. The molecule has 90 valence electrons. The fourth-order valence-corrected chi connectivity index (χ4v) is 1.31. The van der Waals surface area contributed by atoms with Gasteiger partial charge in [0.1, 0.15) is 5.92 Å². The molecule has 0 aromatic carbocycles. The summed E-state index contributed by atoms with van der Waals surface area (Å²) in [7, 11) is 1.52. The highest BCUT2D eigenvalue weighted by atomic mass is 16.5. The van der Waals surface area contributed by atoms with E-state index < -0.39 is 5.92 Å². The lowest BCUT2D eigenvalue weighted by molar-refractivity contribution is -0.119. The molecular formula is C12H15N3O2. The molecule has 0 aliphatic rings. The van der Waals surface area contributed by atoms with Gasteiger partial charge in [-0.15, -0.1) is 0 Å². The number of hydrogen-bond donors (Lipinski definition) is 1. The highest BCUT2D eigenvalue weighted by Crippen LogP contribution is 2.15. The first kappa shape index (κ1) is 13.0. The first-order chi connectivity index (χ1) is 8.08. The number of carbonyl (C=O) groups excluding carboxylic acids is 1. The zero-order valence-corrected chi connectivity index (χ0v) is 10.1. The Kier molecular flexibility index (Phi) is 4.46. The minimum absolute atomic E-state index is 0.0220. The molecule has 1 aromatic rings. The van der Waals surface area contributed by atoms with E-state index in [2.05, 4.69) is 10.3 Å². The summed E-state index contributed by atoms with van der Waals surface area (Å²) >= 11 is 0. The Morgan fingerprint density at radius 2 is 2.24 bits per heavy atom. The second-order valence-corrected chi connectivity index (χ2v) is 3.93. The highest BCUT2D eigenvalue weighted by Gasteiger charge is 2.21. The summed E-state index contributed by atoms with van der Waals surface area (Å²) < 4.78 is 4.90. The zero-order valence-electron chi connectivity index (χ0n) is 10.1. The van der Waals surface area contributed by atoms with Crippen LogP contribution < -0.4 is 10.1 Å². The number of methoxy groups -OCH3 is 1. The van der Waals surface area contributed by atoms with E-state index in [1.54, 1.807) is 12.1 Å². The number of carbonyl (C=O) groups is 1. The van der Waals surface area contributed by atoms with E-state index in [4.69, 9.17) is 10.00 Å². The van der Waals surface area contributed by atoms with Crippen LogP contribution in [0, 0.1) is 23.2 Å². The molecule has 1 N–H and O–H groups in total. The van der Waals surface area contributed by atoms with Crippen LogP contribution in [0.3, 0.4) is 0 Å². The third kappa shape index (κ3) is 3.45. The lowest BCUT2D eigenvalue weighted by atomic mass is 9.97. The molecule has 0 saturated heterocycles. The molecule has 0 fully saturated rings. The van der Waals surface area contributed by atoms with Crippen LogP contribution in [0.4, 0.5) is 5.69 Å². The molecule has 1 aromatic heterocycles. The number of anilines is 1. The van der Waals surface area contributed by atoms with Gasteiger partial charge in [-0.2, -0.15) is 5.26 Å². The van der Waals surface area contributed by atoms with Crippen LogP contribution in [-0.2, 0) is 4.79 Å². The summed E-state index contributed by atoms with van der Waals surface area (Å²) in [4.78, 5) is 15.7. The third-order valence-electron chi connectivity index (χ3n) is 2.30. The van der Waals surface area contributed by atoms with Crippen LogP contribution in [0.15, 0.2) is 18.3 Å². The fourth-order valence-electron chi connectivity index (χ4n) is 1.31. The molecule has 0 saturated carbocycles. The SMILES string of the molecule is COc1ccc(NC(=O)C(C#N)C(C)C)cn1. The number of hydrogen-bond acceptors (Lipinski definition) is 4. The first-order valence-corrected chi connectivity index (χ1v) is 5.29. The molecule has 0 aliphatic carbocycles. The number of amides is 1. The normalized spacial score (nSPS) is 11.7. The summed E-state index contributed by atoms with van der Waals surface area (Å²) in [6.45, 7) is 3.67. The molecule has 0 bridgehead atoms. The molecule has 5 heteroatoms. The van der Waals surface area contributed by atoms with Gasteiger partial charge in [-0.25, -0.2) is 4.98 Å². The third-order valence-corrected chi connectivity index (χ3v) is 2.30. The van der Waals surface area contributed by atoms with Crippen LogP contribution in [0.5, 0.6) is 5.88 Å². The number of rotatable bonds is 4. The molecule has 1 amide bonds. The Morgan fingerprint density at radius 1 is 1.53 bits per heavy atom. The summed E-state index contributed by atoms with van der Waals surface area (Å²) in [5, 5.41) is 11.5. The molecule has 0 aliphatic heterocycles. The van der Waals surface area contributed by atoms with Crippen molar-refractivity contribution in [3.63, 3.8) is 0 Å². The molecule has 1 atom stereocenters. The van der Waals surface area contributed by atoms with E-state index in [0.29, 0.717) is 11.6 Å². The minimum atomic E-state index is -0.655. The van der Waals surface area contributed by atoms with Gasteiger partial charge in [0.25, 0.3) is 0 Å². The van der Waals surface area contributed by atoms with Crippen LogP contribution >= 0.6 is 0 Å². The smallest absolute Gasteiger partial charge is 0.242 e. The number of pyridine rings is 1. The van der Waals surface area contributed by atoms with Gasteiger partial charge in [-0.3, -0.25) is 4.79 Å². The van der Waals surface area contributed by atoms with Crippen molar-refractivity contribution in [2.75, 3.05) is 12.4 Å². The van der Waals surface area contributed by atoms with Gasteiger partial charge < -0.3 is 10.1 Å². The van der Waals surface area contributed by atoms with E-state index in [0.717, 1.165) is 0 Å². The molecule has 0 radical (unpaired) electrons. The standard InChI is InChI=1S/C12H15N3O2/c1-8(2)10(6-13)12(16)15-9-4-5-11(17-3)14-7-9/h4-5,7-8,10H,1-3H3,(H,15,16). The summed E-state index contributed by atoms with van der Waals surface area (Å²) in [6.07, 6.45) is 1.49. The molecule has 1 rings (SSSR count). The monoisotopic (exact) mass is 233 g/mol. The maximum absolute atomic E-state index is 11.7. The molecule has 1 unspecified atom stereocenters. The number of nitriles is 1. The van der Waals surface area contributed by atoms with Gasteiger partial charge in [-0.05, 0) is 12.0 Å². The predicted octanol–water partition coefficient (Wildman–Crippen LogP) is 1.82. The number of ether oxygens (including phenoxy) is 1. The van der Waals surface area contributed by atoms with Crippen molar-refractivity contribution in [1.29, 1.82) is 5.26 Å². The van der Waals surface area contributed by atoms with Crippen LogP contribution in [-0.4, -0.2) is 18.0 Å². The molecule has 17 heavy (non-hydrogen) atoms. The highest BCUT2D eigenvalue weighted by molar-refractivity contribution is 5.94. The molecule has 1 heterocycles. The Balaban J connectivity index is 2.71. The Morgan fingerprint density at radius 3 is 2.65 bits per heavy atom. The van der Waals surface area contributed by atoms with Gasteiger partial charge >= 0.3 is 0 Å². The van der Waals surface area contributed by atoms with E-state index in [1.807, 2.05) is 19.9 Å². The van der Waals surface area contributed by atoms with Crippen LogP contribution in [0.1, 0.15) is 13.8 Å². The summed E-state index contributed by atoms with van der Waals surface area (Å²) in [5.74, 6) is -0.513. The lowest BCUT2D eigenvalue weighted by Gasteiger charge is -2.12. The lowest BCUT2D eigenvalue weighted by Crippen LogP contribution is -2.25. The fraction of sp³-hybridized carbons (Fsp3) is 0.417. The van der Waals surface area contributed by atoms with Gasteiger partial charge in [0, 0.05) is 6.07 Å². The number of aromatic nitrogens is 1. The van der Waals surface area contributed by atoms with Gasteiger partial charge in [0.2, 0.25) is 11.8 Å².